The lowest BCUT2D eigenvalue weighted by Gasteiger charge is -2.52. The van der Waals surface area contributed by atoms with Crippen molar-refractivity contribution in [2.24, 2.45) is 17.3 Å². The smallest absolute Gasteiger partial charge is 0.253 e. The van der Waals surface area contributed by atoms with Crippen LogP contribution in [0.3, 0.4) is 0 Å². The molecule has 4 aliphatic rings. The molecule has 202 valence electrons. The molecule has 1 aromatic carbocycles. The Morgan fingerprint density at radius 2 is 1.78 bits per heavy atom. The van der Waals surface area contributed by atoms with Gasteiger partial charge in [-0.05, 0) is 132 Å². The Labute approximate surface area is 223 Å². The summed E-state index contributed by atoms with van der Waals surface area (Å²) in [5.41, 5.74) is 3.47. The molecule has 3 aliphatic carbocycles. The maximum atomic E-state index is 11.7. The standard InChI is InChI=1S/C31H45N3O3/c1-31-16-15-25-24-10-8-23(37-20-6-19-34-29(35)13-14-30(34)36)21-22(24)7-9-26(25)27(31)11-12-28(31)33(4)18-5-17-32(2)3/h8,10,13-14,21,25-28H,5-7,9,11-12,15-20H2,1-4H3/t25?,26?,27?,28?,31-/m0/s1. The van der Waals surface area contributed by atoms with E-state index in [1.807, 2.05) is 0 Å². The van der Waals surface area contributed by atoms with Crippen LogP contribution in [0.1, 0.15) is 68.9 Å². The van der Waals surface area contributed by atoms with Gasteiger partial charge in [0.05, 0.1) is 6.61 Å². The average Bonchev–Trinajstić information content (AvgIpc) is 3.39. The van der Waals surface area contributed by atoms with E-state index in [9.17, 15) is 9.59 Å². The number of hydrogen-bond acceptors (Lipinski definition) is 5. The van der Waals surface area contributed by atoms with Crippen LogP contribution < -0.4 is 4.74 Å². The van der Waals surface area contributed by atoms with Crippen molar-refractivity contribution in [2.75, 3.05) is 47.4 Å². The van der Waals surface area contributed by atoms with Gasteiger partial charge in [-0.25, -0.2) is 0 Å². The van der Waals surface area contributed by atoms with Gasteiger partial charge in [0.2, 0.25) is 0 Å². The second-order valence-corrected chi connectivity index (χ2v) is 12.4. The number of amides is 2. The van der Waals surface area contributed by atoms with Crippen LogP contribution in [0.15, 0.2) is 30.4 Å². The van der Waals surface area contributed by atoms with Crippen LogP contribution in [0.4, 0.5) is 0 Å². The number of benzene rings is 1. The number of carbonyl (C=O) groups excluding carboxylic acids is 2. The number of fused-ring (bicyclic) bond motifs is 5. The highest BCUT2D eigenvalue weighted by Crippen LogP contribution is 2.61. The van der Waals surface area contributed by atoms with Gasteiger partial charge in [0.15, 0.2) is 0 Å². The van der Waals surface area contributed by atoms with Crippen LogP contribution in [0.2, 0.25) is 0 Å². The van der Waals surface area contributed by atoms with Gasteiger partial charge in [-0.15, -0.1) is 0 Å². The fraction of sp³-hybridized carbons (Fsp3) is 0.677. The molecule has 5 atom stereocenters. The van der Waals surface area contributed by atoms with Gasteiger partial charge in [0.1, 0.15) is 5.75 Å². The number of aryl methyl sites for hydroxylation is 1. The minimum absolute atomic E-state index is 0.221. The number of carbonyl (C=O) groups is 2. The zero-order chi connectivity index (χ0) is 26.2. The number of imide groups is 1. The summed E-state index contributed by atoms with van der Waals surface area (Å²) in [6, 6.07) is 7.45. The molecule has 37 heavy (non-hydrogen) atoms. The lowest BCUT2D eigenvalue weighted by molar-refractivity contribution is -0.136. The number of ether oxygens (including phenoxy) is 1. The Bertz CT molecular complexity index is 1020. The van der Waals surface area contributed by atoms with E-state index in [2.05, 4.69) is 56.1 Å². The molecule has 0 bridgehead atoms. The fourth-order valence-electron chi connectivity index (χ4n) is 8.20. The Balaban J connectivity index is 1.17. The lowest BCUT2D eigenvalue weighted by atomic mass is 9.55. The minimum atomic E-state index is -0.221. The van der Waals surface area contributed by atoms with Gasteiger partial charge < -0.3 is 14.5 Å². The predicted octanol–water partition coefficient (Wildman–Crippen LogP) is 4.49. The van der Waals surface area contributed by atoms with E-state index in [0.29, 0.717) is 30.9 Å². The van der Waals surface area contributed by atoms with Crippen LogP contribution in [0, 0.1) is 17.3 Å². The summed E-state index contributed by atoms with van der Waals surface area (Å²) < 4.78 is 6.03. The van der Waals surface area contributed by atoms with Gasteiger partial charge in [0.25, 0.3) is 11.8 Å². The van der Waals surface area contributed by atoms with Crippen LogP contribution in [-0.4, -0.2) is 79.9 Å². The first-order chi connectivity index (χ1) is 17.8. The molecule has 6 heteroatoms. The van der Waals surface area contributed by atoms with E-state index in [-0.39, 0.29) is 11.8 Å². The largest absolute Gasteiger partial charge is 0.494 e. The molecular formula is C31H45N3O3. The van der Waals surface area contributed by atoms with E-state index in [1.165, 1.54) is 74.2 Å². The molecule has 2 amide bonds. The molecular weight excluding hydrogens is 462 g/mol. The third-order valence-electron chi connectivity index (χ3n) is 9.99. The SMILES string of the molecule is CN(C)CCCN(C)C1CCC2C3CCc4cc(OCCCN5C(=O)C=CC5=O)ccc4C3CC[C@@]21C. The molecule has 5 rings (SSSR count). The first kappa shape index (κ1) is 26.4. The topological polar surface area (TPSA) is 53.1 Å². The van der Waals surface area contributed by atoms with Crippen molar-refractivity contribution in [1.29, 1.82) is 0 Å². The highest BCUT2D eigenvalue weighted by atomic mass is 16.5. The first-order valence-corrected chi connectivity index (χ1v) is 14.4. The molecule has 1 aromatic rings. The molecule has 4 unspecified atom stereocenters. The van der Waals surface area contributed by atoms with E-state index in [1.54, 1.807) is 5.56 Å². The van der Waals surface area contributed by atoms with Crippen molar-refractivity contribution >= 4 is 11.8 Å². The molecule has 2 saturated carbocycles. The summed E-state index contributed by atoms with van der Waals surface area (Å²) >= 11 is 0. The molecule has 0 spiro atoms. The van der Waals surface area contributed by atoms with Gasteiger partial charge >= 0.3 is 0 Å². The Hall–Kier alpha value is -2.18. The van der Waals surface area contributed by atoms with Crippen LogP contribution >= 0.6 is 0 Å². The van der Waals surface area contributed by atoms with E-state index in [4.69, 9.17) is 4.74 Å². The van der Waals surface area contributed by atoms with Crippen molar-refractivity contribution < 1.29 is 14.3 Å². The Morgan fingerprint density at radius 1 is 1.00 bits per heavy atom. The lowest BCUT2D eigenvalue weighted by Crippen LogP contribution is -2.49. The highest BCUT2D eigenvalue weighted by molar-refractivity contribution is 6.12. The van der Waals surface area contributed by atoms with Crippen molar-refractivity contribution in [3.05, 3.63) is 41.5 Å². The molecule has 1 aliphatic heterocycles. The Morgan fingerprint density at radius 3 is 2.54 bits per heavy atom. The van der Waals surface area contributed by atoms with Crippen molar-refractivity contribution in [2.45, 2.75) is 70.3 Å². The van der Waals surface area contributed by atoms with Crippen LogP contribution in [-0.2, 0) is 16.0 Å². The van der Waals surface area contributed by atoms with Gasteiger partial charge in [0, 0.05) is 24.7 Å². The second kappa shape index (κ2) is 10.9. The van der Waals surface area contributed by atoms with Crippen molar-refractivity contribution in [3.8, 4) is 5.75 Å². The summed E-state index contributed by atoms with van der Waals surface area (Å²) in [5.74, 6) is 2.80. The number of rotatable bonds is 10. The predicted molar refractivity (Wildman–Crippen MR) is 147 cm³/mol. The molecule has 0 saturated heterocycles. The third-order valence-corrected chi connectivity index (χ3v) is 9.99. The van der Waals surface area contributed by atoms with Crippen molar-refractivity contribution in [1.82, 2.24) is 14.7 Å². The molecule has 2 fully saturated rings. The maximum absolute atomic E-state index is 11.7. The number of hydrogen-bond donors (Lipinski definition) is 0. The van der Waals surface area contributed by atoms with Crippen LogP contribution in [0.25, 0.3) is 0 Å². The summed E-state index contributed by atoms with van der Waals surface area (Å²) in [4.78, 5) is 29.7. The summed E-state index contributed by atoms with van der Waals surface area (Å²) in [6.45, 7) is 5.89. The van der Waals surface area contributed by atoms with Gasteiger partial charge in [-0.2, -0.15) is 0 Å². The van der Waals surface area contributed by atoms with E-state index in [0.717, 1.165) is 30.0 Å². The monoisotopic (exact) mass is 507 g/mol. The van der Waals surface area contributed by atoms with E-state index >= 15 is 0 Å². The molecule has 0 aromatic heterocycles. The fourth-order valence-corrected chi connectivity index (χ4v) is 8.20. The van der Waals surface area contributed by atoms with E-state index < -0.39 is 0 Å². The summed E-state index contributed by atoms with van der Waals surface area (Å²) in [5, 5.41) is 0. The highest BCUT2D eigenvalue weighted by Gasteiger charge is 2.55. The molecule has 0 radical (unpaired) electrons. The maximum Gasteiger partial charge on any atom is 0.253 e. The van der Waals surface area contributed by atoms with Crippen molar-refractivity contribution in [3.63, 3.8) is 0 Å². The van der Waals surface area contributed by atoms with Gasteiger partial charge in [-0.1, -0.05) is 13.0 Å². The quantitative estimate of drug-likeness (QED) is 0.345. The Kier molecular flexibility index (Phi) is 7.78. The minimum Gasteiger partial charge on any atom is -0.494 e. The molecule has 6 nitrogen and oxygen atoms in total. The normalized spacial score (nSPS) is 30.7. The average molecular weight is 508 g/mol. The second-order valence-electron chi connectivity index (χ2n) is 12.4. The zero-order valence-electron chi connectivity index (χ0n) is 23.2. The van der Waals surface area contributed by atoms with Crippen LogP contribution in [0.5, 0.6) is 5.75 Å². The summed E-state index contributed by atoms with van der Waals surface area (Å²) in [6.07, 6.45) is 12.4. The molecule has 0 N–H and O–H groups in total. The first-order valence-electron chi connectivity index (χ1n) is 14.4. The number of nitrogens with zero attached hydrogens (tertiary/aromatic N) is 3. The molecule has 1 heterocycles. The summed E-state index contributed by atoms with van der Waals surface area (Å²) in [7, 11) is 6.71. The zero-order valence-corrected chi connectivity index (χ0v) is 23.2. The third kappa shape index (κ3) is 5.24. The van der Waals surface area contributed by atoms with Gasteiger partial charge in [-0.3, -0.25) is 14.5 Å².